The third kappa shape index (κ3) is 6.24. The van der Waals surface area contributed by atoms with Crippen LogP contribution in [0.25, 0.3) is 0 Å². The third-order valence-electron chi connectivity index (χ3n) is 1.14. The number of carbonyl (C=O) groups is 2. The van der Waals surface area contributed by atoms with E-state index in [1.165, 1.54) is 7.05 Å². The Labute approximate surface area is 82.8 Å². The number of likely N-dealkylation sites (N-methyl/N-ethyl adjacent to an activating group) is 1. The Morgan fingerprint density at radius 1 is 1.43 bits per heavy atom. The van der Waals surface area contributed by atoms with Crippen LogP contribution in [0.1, 0.15) is 20.8 Å². The van der Waals surface area contributed by atoms with Gasteiger partial charge >= 0.3 is 6.09 Å². The van der Waals surface area contributed by atoms with Gasteiger partial charge in [0.15, 0.2) is 0 Å². The van der Waals surface area contributed by atoms with Crippen LogP contribution in [0.5, 0.6) is 0 Å². The zero-order chi connectivity index (χ0) is 11.4. The van der Waals surface area contributed by atoms with Gasteiger partial charge in [0.25, 0.3) is 5.91 Å². The molecule has 0 fully saturated rings. The van der Waals surface area contributed by atoms with Crippen molar-refractivity contribution in [1.82, 2.24) is 10.4 Å². The number of carbonyl (C=O) groups excluding carboxylic acids is 2. The van der Waals surface area contributed by atoms with E-state index in [1.54, 1.807) is 20.8 Å². The van der Waals surface area contributed by atoms with Crippen LogP contribution in [0.15, 0.2) is 0 Å². The van der Waals surface area contributed by atoms with Crippen molar-refractivity contribution >= 4 is 12.0 Å². The molecular weight excluding hydrogens is 188 g/mol. The zero-order valence-corrected chi connectivity index (χ0v) is 8.83. The fraction of sp³-hybridized carbons (Fsp3) is 0.750. The molecule has 0 radical (unpaired) electrons. The van der Waals surface area contributed by atoms with Crippen LogP contribution in [-0.2, 0) is 9.53 Å². The molecule has 0 saturated heterocycles. The van der Waals surface area contributed by atoms with Crippen LogP contribution in [-0.4, -0.2) is 41.5 Å². The predicted octanol–water partition coefficient (Wildman–Crippen LogP) is 0.359. The fourth-order valence-electron chi connectivity index (χ4n) is 0.576. The van der Waals surface area contributed by atoms with Gasteiger partial charge < -0.3 is 10.1 Å². The van der Waals surface area contributed by atoms with Gasteiger partial charge in [-0.15, -0.1) is 0 Å². The number of ether oxygens (including phenoxy) is 1. The average molecular weight is 204 g/mol. The van der Waals surface area contributed by atoms with Crippen molar-refractivity contribution in [3.63, 3.8) is 0 Å². The molecular formula is C8H16N2O4. The van der Waals surface area contributed by atoms with Gasteiger partial charge in [-0.3, -0.25) is 10.0 Å². The normalized spacial score (nSPS) is 10.6. The summed E-state index contributed by atoms with van der Waals surface area (Å²) >= 11 is 0. The lowest BCUT2D eigenvalue weighted by atomic mass is 10.2. The molecule has 0 rings (SSSR count). The number of amides is 2. The quantitative estimate of drug-likeness (QED) is 0.502. The minimum atomic E-state index is -0.687. The van der Waals surface area contributed by atoms with Crippen molar-refractivity contribution in [2.45, 2.75) is 26.4 Å². The largest absolute Gasteiger partial charge is 0.444 e. The van der Waals surface area contributed by atoms with Gasteiger partial charge in [0.2, 0.25) is 0 Å². The van der Waals surface area contributed by atoms with E-state index < -0.39 is 17.6 Å². The second kappa shape index (κ2) is 4.80. The first kappa shape index (κ1) is 12.7. The highest BCUT2D eigenvalue weighted by molar-refractivity contribution is 5.81. The van der Waals surface area contributed by atoms with Crippen molar-refractivity contribution in [3.8, 4) is 0 Å². The van der Waals surface area contributed by atoms with Crippen LogP contribution in [0.4, 0.5) is 4.79 Å². The summed E-state index contributed by atoms with van der Waals surface area (Å²) < 4.78 is 4.87. The van der Waals surface area contributed by atoms with Gasteiger partial charge in [-0.1, -0.05) is 0 Å². The van der Waals surface area contributed by atoms with E-state index in [4.69, 9.17) is 9.94 Å². The van der Waals surface area contributed by atoms with Gasteiger partial charge in [-0.25, -0.2) is 9.86 Å². The molecule has 0 aliphatic carbocycles. The number of rotatable bonds is 2. The van der Waals surface area contributed by atoms with Crippen LogP contribution in [0.3, 0.4) is 0 Å². The summed E-state index contributed by atoms with van der Waals surface area (Å²) in [7, 11) is 1.18. The molecule has 0 atom stereocenters. The van der Waals surface area contributed by atoms with Gasteiger partial charge in [0.1, 0.15) is 12.1 Å². The van der Waals surface area contributed by atoms with E-state index in [0.29, 0.717) is 5.06 Å². The summed E-state index contributed by atoms with van der Waals surface area (Å²) in [4.78, 5) is 21.8. The summed E-state index contributed by atoms with van der Waals surface area (Å²) in [5, 5.41) is 11.3. The first-order valence-corrected chi connectivity index (χ1v) is 4.14. The number of alkyl carbamates (subject to hydrolysis) is 1. The molecule has 14 heavy (non-hydrogen) atoms. The Bertz CT molecular complexity index is 220. The van der Waals surface area contributed by atoms with Crippen molar-refractivity contribution < 1.29 is 19.5 Å². The lowest BCUT2D eigenvalue weighted by Crippen LogP contribution is -2.39. The molecule has 0 aromatic heterocycles. The molecule has 0 aromatic rings. The number of nitrogens with one attached hydrogen (secondary N) is 1. The van der Waals surface area contributed by atoms with Gasteiger partial charge in [0.05, 0.1) is 0 Å². The highest BCUT2D eigenvalue weighted by Crippen LogP contribution is 2.05. The molecule has 0 aromatic carbocycles. The summed E-state index contributed by atoms with van der Waals surface area (Å²) in [6, 6.07) is 0. The van der Waals surface area contributed by atoms with Crippen molar-refractivity contribution in [1.29, 1.82) is 0 Å². The van der Waals surface area contributed by atoms with Crippen LogP contribution < -0.4 is 5.32 Å². The molecule has 0 heterocycles. The standard InChI is InChI=1S/C8H16N2O4/c1-8(2,3)14-7(12)9-5-6(11)10(4)13/h13H,5H2,1-4H3,(H,9,12). The second-order valence-electron chi connectivity index (χ2n) is 3.77. The second-order valence-corrected chi connectivity index (χ2v) is 3.77. The summed E-state index contributed by atoms with van der Waals surface area (Å²) in [6.45, 7) is 4.85. The Morgan fingerprint density at radius 3 is 2.29 bits per heavy atom. The van der Waals surface area contributed by atoms with Gasteiger partial charge in [0, 0.05) is 7.05 Å². The minimum absolute atomic E-state index is 0.290. The number of hydroxylamine groups is 2. The minimum Gasteiger partial charge on any atom is -0.444 e. The Balaban J connectivity index is 3.81. The summed E-state index contributed by atoms with van der Waals surface area (Å²) in [6.07, 6.45) is -0.687. The van der Waals surface area contributed by atoms with E-state index in [1.807, 2.05) is 0 Å². The number of nitrogens with zero attached hydrogens (tertiary/aromatic N) is 1. The van der Waals surface area contributed by atoms with E-state index in [9.17, 15) is 9.59 Å². The highest BCUT2D eigenvalue weighted by Gasteiger charge is 2.16. The smallest absolute Gasteiger partial charge is 0.408 e. The summed E-state index contributed by atoms with van der Waals surface area (Å²) in [5.41, 5.74) is -0.599. The van der Waals surface area contributed by atoms with Gasteiger partial charge in [-0.05, 0) is 20.8 Å². The number of hydrogen-bond acceptors (Lipinski definition) is 4. The molecule has 0 aliphatic rings. The monoisotopic (exact) mass is 204 g/mol. The van der Waals surface area contributed by atoms with Crippen LogP contribution in [0.2, 0.25) is 0 Å². The molecule has 0 bridgehead atoms. The Morgan fingerprint density at radius 2 is 1.93 bits per heavy atom. The Hall–Kier alpha value is -1.30. The molecule has 2 amide bonds. The molecule has 2 N–H and O–H groups in total. The molecule has 0 aliphatic heterocycles. The highest BCUT2D eigenvalue weighted by atomic mass is 16.6. The fourth-order valence-corrected chi connectivity index (χ4v) is 0.576. The van der Waals surface area contributed by atoms with E-state index in [0.717, 1.165) is 0 Å². The molecule has 0 spiro atoms. The first-order chi connectivity index (χ1) is 6.22. The SMILES string of the molecule is CN(O)C(=O)CNC(=O)OC(C)(C)C. The lowest BCUT2D eigenvalue weighted by Gasteiger charge is -2.19. The molecule has 6 nitrogen and oxygen atoms in total. The molecule has 0 unspecified atom stereocenters. The maximum absolute atomic E-state index is 11.0. The predicted molar refractivity (Wildman–Crippen MR) is 48.8 cm³/mol. The topological polar surface area (TPSA) is 78.9 Å². The molecule has 6 heteroatoms. The van der Waals surface area contributed by atoms with Crippen molar-refractivity contribution in [3.05, 3.63) is 0 Å². The lowest BCUT2D eigenvalue weighted by molar-refractivity contribution is -0.158. The van der Waals surface area contributed by atoms with Crippen molar-refractivity contribution in [2.24, 2.45) is 0 Å². The van der Waals surface area contributed by atoms with Crippen molar-refractivity contribution in [2.75, 3.05) is 13.6 Å². The zero-order valence-electron chi connectivity index (χ0n) is 8.83. The number of hydrogen-bond donors (Lipinski definition) is 2. The van der Waals surface area contributed by atoms with Crippen LogP contribution in [0, 0.1) is 0 Å². The van der Waals surface area contributed by atoms with E-state index in [2.05, 4.69) is 5.32 Å². The van der Waals surface area contributed by atoms with Gasteiger partial charge in [-0.2, -0.15) is 0 Å². The maximum atomic E-state index is 11.0. The summed E-state index contributed by atoms with van der Waals surface area (Å²) in [5.74, 6) is -0.615. The maximum Gasteiger partial charge on any atom is 0.408 e. The van der Waals surface area contributed by atoms with Crippen LogP contribution >= 0.6 is 0 Å². The van der Waals surface area contributed by atoms with E-state index >= 15 is 0 Å². The third-order valence-corrected chi connectivity index (χ3v) is 1.14. The molecule has 0 saturated carbocycles. The van der Waals surface area contributed by atoms with E-state index in [-0.39, 0.29) is 6.54 Å². The molecule has 82 valence electrons. The first-order valence-electron chi connectivity index (χ1n) is 4.14. The average Bonchev–Trinajstić information content (AvgIpc) is 1.96. The Kier molecular flexibility index (Phi) is 4.36.